The van der Waals surface area contributed by atoms with Gasteiger partial charge in [-0.1, -0.05) is 179 Å². The number of aliphatic hydroxyl groups excluding tert-OH is 1. The van der Waals surface area contributed by atoms with E-state index in [1.807, 2.05) is 0 Å². The third-order valence-corrected chi connectivity index (χ3v) is 11.1. The van der Waals surface area contributed by atoms with E-state index in [2.05, 4.69) is 65.7 Å². The fourth-order valence-electron chi connectivity index (χ4n) is 6.52. The maximum atomic E-state index is 12.6. The molecule has 9 nitrogen and oxygen atoms in total. The lowest BCUT2D eigenvalue weighted by Crippen LogP contribution is -2.29. The van der Waals surface area contributed by atoms with Gasteiger partial charge in [0.05, 0.1) is 6.61 Å². The molecule has 2 unspecified atom stereocenters. The Hall–Kier alpha value is -2.75. The van der Waals surface area contributed by atoms with Crippen molar-refractivity contribution >= 4 is 19.8 Å². The van der Waals surface area contributed by atoms with E-state index in [0.29, 0.717) is 12.8 Å². The molecule has 0 aliphatic carbocycles. The third-order valence-electron chi connectivity index (χ3n) is 10.1. The van der Waals surface area contributed by atoms with Gasteiger partial charge in [-0.25, -0.2) is 4.57 Å². The van der Waals surface area contributed by atoms with Crippen molar-refractivity contribution in [2.24, 2.45) is 0 Å². The molecule has 0 amide bonds. The minimum Gasteiger partial charge on any atom is -0.462 e. The average molecular weight is 873 g/mol. The van der Waals surface area contributed by atoms with Crippen molar-refractivity contribution in [3.8, 4) is 47.4 Å². The summed E-state index contributed by atoms with van der Waals surface area (Å²) in [4.78, 5) is 34.9. The van der Waals surface area contributed by atoms with E-state index < -0.39 is 38.8 Å². The number of phosphoric acid groups is 1. The second-order valence-corrected chi connectivity index (χ2v) is 17.6. The zero-order chi connectivity index (χ0) is 44.8. The molecule has 3 atom stereocenters. The van der Waals surface area contributed by atoms with Gasteiger partial charge in [-0.2, -0.15) is 0 Å². The van der Waals surface area contributed by atoms with Gasteiger partial charge in [0.25, 0.3) is 0 Å². The summed E-state index contributed by atoms with van der Waals surface area (Å²) in [6.45, 7) is 4.80. The molecule has 0 bridgehead atoms. The van der Waals surface area contributed by atoms with Crippen molar-refractivity contribution in [2.75, 3.05) is 13.2 Å². The molecule has 0 fully saturated rings. The molecule has 2 N–H and O–H groups in total. The summed E-state index contributed by atoms with van der Waals surface area (Å²) in [6, 6.07) is 0. The average Bonchev–Trinajstić information content (AvgIpc) is 3.22. The smallest absolute Gasteiger partial charge is 0.462 e. The Labute approximate surface area is 373 Å². The largest absolute Gasteiger partial charge is 0.474 e. The normalized spacial score (nSPS) is 12.5. The summed E-state index contributed by atoms with van der Waals surface area (Å²) in [6.07, 6.45) is 33.5. The van der Waals surface area contributed by atoms with Crippen LogP contribution in [-0.4, -0.2) is 47.5 Å². The van der Waals surface area contributed by atoms with Crippen LogP contribution in [0.2, 0.25) is 0 Å². The Morgan fingerprint density at radius 3 is 1.18 bits per heavy atom. The number of rotatable bonds is 40. The number of unbranched alkanes of at least 4 members (excludes halogenated alkanes) is 28. The quantitative estimate of drug-likeness (QED) is 0.0203. The number of hydrogen-bond donors (Lipinski definition) is 2. The molecule has 10 heteroatoms. The van der Waals surface area contributed by atoms with Crippen LogP contribution in [0.4, 0.5) is 0 Å². The summed E-state index contributed by atoms with van der Waals surface area (Å²) in [5.74, 6) is 23.6. The minimum atomic E-state index is -4.61. The van der Waals surface area contributed by atoms with Crippen LogP contribution in [0.15, 0.2) is 0 Å². The van der Waals surface area contributed by atoms with E-state index >= 15 is 0 Å². The first-order valence-corrected chi connectivity index (χ1v) is 25.8. The second-order valence-electron chi connectivity index (χ2n) is 16.2. The predicted molar refractivity (Wildman–Crippen MR) is 249 cm³/mol. The van der Waals surface area contributed by atoms with Gasteiger partial charge in [0.15, 0.2) is 12.4 Å². The van der Waals surface area contributed by atoms with Crippen LogP contribution in [0.5, 0.6) is 0 Å². The standard InChI is InChI=1S/C51H85O9P/c1-4-6-8-10-12-14-16-18-20-22-24-26-28-30-32-34-36-38-40-42-44-50(53)57-46-49(47-58-61(55,56)60-48(3)52)59-51(54)45-43-41-39-37-35-33-31-29-27-25-23-21-19-17-15-13-11-9-7-5-2/h48-49,52H,4-21,30-47H2,1-3H3,(H,55,56)/t48?,49-/m1/s1. The Morgan fingerprint density at radius 2 is 0.820 bits per heavy atom. The van der Waals surface area contributed by atoms with Crippen LogP contribution in [0.3, 0.4) is 0 Å². The Morgan fingerprint density at radius 1 is 0.492 bits per heavy atom. The first-order valence-electron chi connectivity index (χ1n) is 24.3. The lowest BCUT2D eigenvalue weighted by Gasteiger charge is -2.20. The van der Waals surface area contributed by atoms with Crippen molar-refractivity contribution in [2.45, 2.75) is 251 Å². The lowest BCUT2D eigenvalue weighted by atomic mass is 10.1. The monoisotopic (exact) mass is 873 g/mol. The molecule has 0 aliphatic heterocycles. The zero-order valence-corrected chi connectivity index (χ0v) is 39.7. The van der Waals surface area contributed by atoms with E-state index in [4.69, 9.17) is 14.0 Å². The molecule has 0 aromatic heterocycles. The van der Waals surface area contributed by atoms with Gasteiger partial charge in [0.2, 0.25) is 0 Å². The Kier molecular flexibility index (Phi) is 43.2. The third kappa shape index (κ3) is 46.6. The summed E-state index contributed by atoms with van der Waals surface area (Å²) < 4.78 is 32.3. The van der Waals surface area contributed by atoms with Crippen LogP contribution in [0, 0.1) is 47.4 Å². The molecule has 0 spiro atoms. The van der Waals surface area contributed by atoms with E-state index in [1.165, 1.54) is 96.8 Å². The van der Waals surface area contributed by atoms with Gasteiger partial charge >= 0.3 is 19.8 Å². The fraction of sp³-hybridized carbons (Fsp3) is 0.804. The van der Waals surface area contributed by atoms with Crippen LogP contribution < -0.4 is 0 Å². The molecular formula is C51H85O9P. The first-order chi connectivity index (χ1) is 29.7. The highest BCUT2D eigenvalue weighted by Crippen LogP contribution is 2.44. The van der Waals surface area contributed by atoms with Crippen molar-refractivity contribution < 1.29 is 42.7 Å². The Bertz CT molecular complexity index is 1360. The van der Waals surface area contributed by atoms with Crippen LogP contribution in [0.1, 0.15) is 239 Å². The summed E-state index contributed by atoms with van der Waals surface area (Å²) in [5, 5.41) is 9.31. The Balaban J connectivity index is 4.18. The maximum absolute atomic E-state index is 12.6. The zero-order valence-electron chi connectivity index (χ0n) is 38.8. The SMILES string of the molecule is CCCCCCCCCCC#CC#CCCCCCCCCC(=O)OC[C@H](COP(=O)(O)OC(C)O)OC(=O)CCCCCCCCC#CC#CCCCCCCCCCC. The van der Waals surface area contributed by atoms with Crippen LogP contribution in [0.25, 0.3) is 0 Å². The lowest BCUT2D eigenvalue weighted by molar-refractivity contribution is -0.161. The molecule has 61 heavy (non-hydrogen) atoms. The molecule has 0 saturated carbocycles. The summed E-state index contributed by atoms with van der Waals surface area (Å²) >= 11 is 0. The maximum Gasteiger partial charge on any atom is 0.474 e. The number of esters is 2. The molecule has 348 valence electrons. The summed E-state index contributed by atoms with van der Waals surface area (Å²) in [7, 11) is -4.61. The van der Waals surface area contributed by atoms with Gasteiger partial charge in [-0.3, -0.25) is 18.6 Å². The van der Waals surface area contributed by atoms with Crippen LogP contribution in [-0.2, 0) is 32.7 Å². The van der Waals surface area contributed by atoms with E-state index in [1.54, 1.807) is 0 Å². The van der Waals surface area contributed by atoms with E-state index in [-0.39, 0.29) is 19.4 Å². The number of carbonyl (C=O) groups excluding carboxylic acids is 2. The van der Waals surface area contributed by atoms with Gasteiger partial charge in [0, 0.05) is 38.5 Å². The van der Waals surface area contributed by atoms with Crippen LogP contribution >= 0.6 is 7.82 Å². The number of phosphoric ester groups is 1. The summed E-state index contributed by atoms with van der Waals surface area (Å²) in [5.41, 5.74) is 0. The molecule has 0 aliphatic rings. The molecule has 0 saturated heterocycles. The number of ether oxygens (including phenoxy) is 2. The molecule has 0 rings (SSSR count). The highest BCUT2D eigenvalue weighted by atomic mass is 31.2. The highest BCUT2D eigenvalue weighted by Gasteiger charge is 2.27. The number of aliphatic hydroxyl groups is 1. The molecule has 0 aromatic carbocycles. The molecule has 0 heterocycles. The van der Waals surface area contributed by atoms with Crippen molar-refractivity contribution in [3.63, 3.8) is 0 Å². The van der Waals surface area contributed by atoms with Crippen molar-refractivity contribution in [3.05, 3.63) is 0 Å². The minimum absolute atomic E-state index is 0.161. The van der Waals surface area contributed by atoms with Gasteiger partial charge in [-0.15, -0.1) is 0 Å². The van der Waals surface area contributed by atoms with E-state index in [0.717, 1.165) is 103 Å². The van der Waals surface area contributed by atoms with Gasteiger partial charge < -0.3 is 19.5 Å². The second kappa shape index (κ2) is 45.3. The highest BCUT2D eigenvalue weighted by molar-refractivity contribution is 7.47. The van der Waals surface area contributed by atoms with Gasteiger partial charge in [0.1, 0.15) is 6.61 Å². The molecule has 0 aromatic rings. The van der Waals surface area contributed by atoms with Crippen molar-refractivity contribution in [1.29, 1.82) is 0 Å². The topological polar surface area (TPSA) is 129 Å². The molecule has 0 radical (unpaired) electrons. The van der Waals surface area contributed by atoms with E-state index in [9.17, 15) is 24.2 Å². The van der Waals surface area contributed by atoms with Crippen molar-refractivity contribution in [1.82, 2.24) is 0 Å². The fourth-order valence-corrected chi connectivity index (χ4v) is 7.32. The number of carbonyl (C=O) groups is 2. The molecular weight excluding hydrogens is 788 g/mol. The number of hydrogen-bond acceptors (Lipinski definition) is 8. The first kappa shape index (κ1) is 58.2. The van der Waals surface area contributed by atoms with Gasteiger partial charge in [-0.05, 0) is 69.1 Å². The predicted octanol–water partition coefficient (Wildman–Crippen LogP) is 13.2.